The summed E-state index contributed by atoms with van der Waals surface area (Å²) in [7, 11) is 0. The van der Waals surface area contributed by atoms with Crippen LogP contribution in [0.5, 0.6) is 0 Å². The van der Waals surface area contributed by atoms with Gasteiger partial charge >= 0.3 is 5.97 Å². The van der Waals surface area contributed by atoms with Gasteiger partial charge in [0.25, 0.3) is 0 Å². The molecule has 1 N–H and O–H groups in total. The number of rotatable bonds is 3. The second-order valence-electron chi connectivity index (χ2n) is 6.08. The summed E-state index contributed by atoms with van der Waals surface area (Å²) >= 11 is 0. The molecule has 3 heterocycles. The van der Waals surface area contributed by atoms with Gasteiger partial charge in [-0.2, -0.15) is 0 Å². The summed E-state index contributed by atoms with van der Waals surface area (Å²) in [4.78, 5) is 16.7. The molecule has 4 rings (SSSR count). The molecular weight excluding hydrogens is 349 g/mol. The molecule has 1 fully saturated rings. The zero-order valence-corrected chi connectivity index (χ0v) is 13.3. The van der Waals surface area contributed by atoms with Gasteiger partial charge in [-0.15, -0.1) is 5.10 Å². The van der Waals surface area contributed by atoms with Crippen LogP contribution in [0.4, 0.5) is 19.0 Å². The first kappa shape index (κ1) is 16.4. The maximum Gasteiger partial charge on any atom is 0.356 e. The van der Waals surface area contributed by atoms with Crippen molar-refractivity contribution in [2.75, 3.05) is 11.4 Å². The number of aromatic nitrogens is 3. The summed E-state index contributed by atoms with van der Waals surface area (Å²) in [6.45, 7) is -0.0593. The minimum atomic E-state index is -1.25. The van der Waals surface area contributed by atoms with Gasteiger partial charge in [-0.25, -0.2) is 27.5 Å². The molecule has 0 spiro atoms. The van der Waals surface area contributed by atoms with Crippen molar-refractivity contribution in [3.63, 3.8) is 0 Å². The molecule has 26 heavy (non-hydrogen) atoms. The molecule has 9 heteroatoms. The van der Waals surface area contributed by atoms with Gasteiger partial charge in [0, 0.05) is 12.0 Å². The Morgan fingerprint density at radius 3 is 2.81 bits per heavy atom. The number of hydrogen-bond acceptors (Lipinski definition) is 4. The number of carboxylic acid groups (broad SMARTS) is 1. The lowest BCUT2D eigenvalue weighted by atomic mass is 10.0. The number of halogens is 3. The van der Waals surface area contributed by atoms with Crippen molar-refractivity contribution in [2.24, 2.45) is 0 Å². The fraction of sp³-hybridized carbons (Fsp3) is 0.235. The Morgan fingerprint density at radius 2 is 2.04 bits per heavy atom. The largest absolute Gasteiger partial charge is 0.476 e. The van der Waals surface area contributed by atoms with Crippen LogP contribution < -0.4 is 4.90 Å². The Bertz CT molecular complexity index is 1010. The summed E-state index contributed by atoms with van der Waals surface area (Å²) in [5.74, 6) is -2.20. The van der Waals surface area contributed by atoms with Gasteiger partial charge in [0.05, 0.1) is 18.8 Å². The molecular formula is C17H13F3N4O2. The fourth-order valence-corrected chi connectivity index (χ4v) is 3.27. The van der Waals surface area contributed by atoms with E-state index in [0.717, 1.165) is 22.7 Å². The van der Waals surface area contributed by atoms with E-state index < -0.39 is 29.8 Å². The van der Waals surface area contributed by atoms with Crippen molar-refractivity contribution in [3.05, 3.63) is 59.4 Å². The minimum absolute atomic E-state index is 0.0180. The van der Waals surface area contributed by atoms with Crippen LogP contribution in [-0.2, 0) is 0 Å². The smallest absolute Gasteiger partial charge is 0.356 e. The summed E-state index contributed by atoms with van der Waals surface area (Å²) < 4.78 is 43.0. The number of fused-ring (bicyclic) bond motifs is 1. The van der Waals surface area contributed by atoms with Crippen molar-refractivity contribution >= 4 is 17.4 Å². The standard InChI is InChI=1S/C17H13F3N4O2/c18-9-1-2-12(20)11(5-9)13-6-10(19)8-23(13)16-4-3-15-21-7-14(17(25)26)24(15)22-16/h1-5,7,10,13H,6,8H2,(H,25,26)/t10-,13+/m0/s1. The van der Waals surface area contributed by atoms with Crippen LogP contribution in [-0.4, -0.2) is 38.4 Å². The normalized spacial score (nSPS) is 20.0. The number of anilines is 1. The van der Waals surface area contributed by atoms with Gasteiger partial charge in [-0.05, 0) is 30.3 Å². The SMILES string of the molecule is O=C(O)c1cnc2ccc(N3C[C@@H](F)C[C@@H]3c3cc(F)ccc3F)nn12. The van der Waals surface area contributed by atoms with Crippen molar-refractivity contribution in [2.45, 2.75) is 18.6 Å². The summed E-state index contributed by atoms with van der Waals surface area (Å²) in [5, 5.41) is 13.4. The Labute approximate surface area is 145 Å². The highest BCUT2D eigenvalue weighted by atomic mass is 19.1. The van der Waals surface area contributed by atoms with E-state index in [1.807, 2.05) is 0 Å². The second-order valence-corrected chi connectivity index (χ2v) is 6.08. The first-order valence-electron chi connectivity index (χ1n) is 7.88. The lowest BCUT2D eigenvalue weighted by molar-refractivity contribution is 0.0688. The zero-order valence-electron chi connectivity index (χ0n) is 13.3. The quantitative estimate of drug-likeness (QED) is 0.776. The number of aromatic carboxylic acids is 1. The highest BCUT2D eigenvalue weighted by Gasteiger charge is 2.36. The first-order chi connectivity index (χ1) is 12.4. The molecule has 3 aromatic rings. The van der Waals surface area contributed by atoms with Crippen molar-refractivity contribution < 1.29 is 23.1 Å². The van der Waals surface area contributed by atoms with Gasteiger partial charge < -0.3 is 10.0 Å². The fourth-order valence-electron chi connectivity index (χ4n) is 3.27. The summed E-state index contributed by atoms with van der Waals surface area (Å²) in [6, 6.07) is 5.39. The lowest BCUT2D eigenvalue weighted by Gasteiger charge is -2.26. The predicted molar refractivity (Wildman–Crippen MR) is 85.9 cm³/mol. The molecule has 0 radical (unpaired) electrons. The highest BCUT2D eigenvalue weighted by Crippen LogP contribution is 2.38. The Balaban J connectivity index is 1.80. The van der Waals surface area contributed by atoms with Gasteiger partial charge in [-0.1, -0.05) is 0 Å². The molecule has 0 aliphatic carbocycles. The predicted octanol–water partition coefficient (Wildman–Crippen LogP) is 3.00. The van der Waals surface area contributed by atoms with Crippen LogP contribution in [0.25, 0.3) is 5.65 Å². The van der Waals surface area contributed by atoms with E-state index in [-0.39, 0.29) is 30.0 Å². The van der Waals surface area contributed by atoms with Crippen LogP contribution in [0.1, 0.15) is 28.5 Å². The van der Waals surface area contributed by atoms with Crippen LogP contribution in [0.3, 0.4) is 0 Å². The maximum atomic E-state index is 14.2. The van der Waals surface area contributed by atoms with Gasteiger partial charge in [0.2, 0.25) is 0 Å². The van der Waals surface area contributed by atoms with Gasteiger partial charge in [0.15, 0.2) is 11.3 Å². The first-order valence-corrected chi connectivity index (χ1v) is 7.88. The molecule has 0 amide bonds. The van der Waals surface area contributed by atoms with Crippen molar-refractivity contribution in [1.82, 2.24) is 14.6 Å². The molecule has 1 aromatic carbocycles. The monoisotopic (exact) mass is 362 g/mol. The molecule has 134 valence electrons. The Kier molecular flexibility index (Phi) is 3.78. The van der Waals surface area contributed by atoms with E-state index in [1.54, 1.807) is 12.1 Å². The molecule has 0 unspecified atom stereocenters. The number of nitrogens with zero attached hydrogens (tertiary/aromatic N) is 4. The Morgan fingerprint density at radius 1 is 1.23 bits per heavy atom. The molecule has 1 aliphatic rings. The molecule has 2 atom stereocenters. The van der Waals surface area contributed by atoms with E-state index in [2.05, 4.69) is 10.1 Å². The number of alkyl halides is 1. The van der Waals surface area contributed by atoms with E-state index >= 15 is 0 Å². The van der Waals surface area contributed by atoms with E-state index in [9.17, 15) is 23.1 Å². The van der Waals surface area contributed by atoms with Crippen molar-refractivity contribution in [1.29, 1.82) is 0 Å². The third kappa shape index (κ3) is 2.65. The maximum absolute atomic E-state index is 14.2. The Hall–Kier alpha value is -3.10. The summed E-state index contributed by atoms with van der Waals surface area (Å²) in [6.07, 6.45) is -0.0995. The minimum Gasteiger partial charge on any atom is -0.476 e. The average molecular weight is 362 g/mol. The third-order valence-corrected chi connectivity index (χ3v) is 4.43. The van der Waals surface area contributed by atoms with Gasteiger partial charge in [-0.3, -0.25) is 0 Å². The zero-order chi connectivity index (χ0) is 18.4. The lowest BCUT2D eigenvalue weighted by Crippen LogP contribution is -2.26. The average Bonchev–Trinajstić information content (AvgIpc) is 3.19. The molecule has 1 aliphatic heterocycles. The highest BCUT2D eigenvalue weighted by molar-refractivity contribution is 5.86. The molecule has 0 saturated carbocycles. The van der Waals surface area contributed by atoms with Crippen LogP contribution in [0, 0.1) is 11.6 Å². The molecule has 6 nitrogen and oxygen atoms in total. The van der Waals surface area contributed by atoms with Crippen LogP contribution in [0.2, 0.25) is 0 Å². The second kappa shape index (κ2) is 6.01. The van der Waals surface area contributed by atoms with E-state index in [0.29, 0.717) is 5.65 Å². The van der Waals surface area contributed by atoms with Crippen molar-refractivity contribution in [3.8, 4) is 0 Å². The topological polar surface area (TPSA) is 70.7 Å². The molecule has 2 aromatic heterocycles. The number of benzene rings is 1. The third-order valence-electron chi connectivity index (χ3n) is 4.43. The van der Waals surface area contributed by atoms with Crippen LogP contribution >= 0.6 is 0 Å². The van der Waals surface area contributed by atoms with Gasteiger partial charge in [0.1, 0.15) is 23.6 Å². The van der Waals surface area contributed by atoms with E-state index in [1.165, 1.54) is 11.1 Å². The van der Waals surface area contributed by atoms with E-state index in [4.69, 9.17) is 0 Å². The number of hydrogen-bond donors (Lipinski definition) is 1. The molecule has 0 bridgehead atoms. The number of carboxylic acids is 1. The van der Waals surface area contributed by atoms with Crippen LogP contribution in [0.15, 0.2) is 36.5 Å². The number of imidazole rings is 1. The number of carbonyl (C=O) groups is 1. The summed E-state index contributed by atoms with van der Waals surface area (Å²) in [5.41, 5.74) is 0.207. The molecule has 1 saturated heterocycles.